The number of hydrogen-bond donors (Lipinski definition) is 1. The van der Waals surface area contributed by atoms with E-state index in [1.165, 1.54) is 4.68 Å². The summed E-state index contributed by atoms with van der Waals surface area (Å²) >= 11 is 1.58. The summed E-state index contributed by atoms with van der Waals surface area (Å²) in [5, 5.41) is 4.35. The van der Waals surface area contributed by atoms with Crippen molar-refractivity contribution in [2.75, 3.05) is 18.8 Å². The molecule has 2 aromatic heterocycles. The van der Waals surface area contributed by atoms with Gasteiger partial charge in [-0.1, -0.05) is 6.92 Å². The molecule has 0 radical (unpaired) electrons. The summed E-state index contributed by atoms with van der Waals surface area (Å²) in [6.45, 7) is 5.63. The molecule has 2 N–H and O–H groups in total. The molecule has 3 heterocycles. The minimum absolute atomic E-state index is 0.0599. The molecule has 0 bridgehead atoms. The van der Waals surface area contributed by atoms with Gasteiger partial charge in [-0.05, 0) is 43.9 Å². The van der Waals surface area contributed by atoms with Crippen molar-refractivity contribution in [2.45, 2.75) is 33.2 Å². The van der Waals surface area contributed by atoms with E-state index in [1.54, 1.807) is 17.4 Å². The number of carbonyl (C=O) groups is 1. The van der Waals surface area contributed by atoms with Crippen molar-refractivity contribution in [1.82, 2.24) is 14.7 Å². The van der Waals surface area contributed by atoms with Gasteiger partial charge in [-0.2, -0.15) is 5.10 Å². The number of thiophene rings is 1. The molecular formula is C17H22N4O2S. The number of amides is 1. The molecule has 1 amide bonds. The summed E-state index contributed by atoms with van der Waals surface area (Å²) < 4.78 is 1.19. The maximum absolute atomic E-state index is 12.5. The quantitative estimate of drug-likeness (QED) is 0.923. The lowest BCUT2D eigenvalue weighted by molar-refractivity contribution is -0.133. The van der Waals surface area contributed by atoms with Crippen molar-refractivity contribution >= 4 is 22.9 Å². The van der Waals surface area contributed by atoms with Crippen molar-refractivity contribution in [3.8, 4) is 10.6 Å². The second-order valence-corrected chi connectivity index (χ2v) is 7.71. The fraction of sp³-hybridized carbons (Fsp3) is 0.471. The Labute approximate surface area is 144 Å². The largest absolute Gasteiger partial charge is 0.394 e. The summed E-state index contributed by atoms with van der Waals surface area (Å²) in [6, 6.07) is 5.52. The smallest absolute Gasteiger partial charge is 0.290 e. The van der Waals surface area contributed by atoms with Gasteiger partial charge in [0, 0.05) is 18.0 Å². The van der Waals surface area contributed by atoms with Crippen LogP contribution in [0.5, 0.6) is 0 Å². The van der Waals surface area contributed by atoms with Crippen LogP contribution in [-0.2, 0) is 11.3 Å². The highest BCUT2D eigenvalue weighted by Crippen LogP contribution is 2.26. The van der Waals surface area contributed by atoms with Gasteiger partial charge in [-0.3, -0.25) is 9.59 Å². The molecule has 3 rings (SSSR count). The van der Waals surface area contributed by atoms with Crippen LogP contribution in [0.3, 0.4) is 0 Å². The van der Waals surface area contributed by atoms with Crippen LogP contribution in [-0.4, -0.2) is 33.7 Å². The van der Waals surface area contributed by atoms with E-state index < -0.39 is 5.56 Å². The Morgan fingerprint density at radius 2 is 2.08 bits per heavy atom. The SMILES string of the molecule is Cc1ccc(-c2cc(N)c(=O)n(CC(=O)N3CCC(C)CC3)n2)s1. The molecule has 6 nitrogen and oxygen atoms in total. The fourth-order valence-electron chi connectivity index (χ4n) is 2.85. The van der Waals surface area contributed by atoms with E-state index in [4.69, 9.17) is 5.73 Å². The van der Waals surface area contributed by atoms with Gasteiger partial charge < -0.3 is 10.6 Å². The van der Waals surface area contributed by atoms with E-state index in [1.807, 2.05) is 24.0 Å². The summed E-state index contributed by atoms with van der Waals surface area (Å²) in [7, 11) is 0. The predicted octanol–water partition coefficient (Wildman–Crippen LogP) is 2.12. The minimum Gasteiger partial charge on any atom is -0.394 e. The van der Waals surface area contributed by atoms with Crippen molar-refractivity contribution in [3.63, 3.8) is 0 Å². The molecule has 0 unspecified atom stereocenters. The Morgan fingerprint density at radius 3 is 2.71 bits per heavy atom. The zero-order valence-electron chi connectivity index (χ0n) is 14.0. The summed E-state index contributed by atoms with van der Waals surface area (Å²) in [5.41, 5.74) is 6.18. The standard InChI is InChI=1S/C17H22N4O2S/c1-11-5-7-20(8-6-11)16(22)10-21-17(23)13(18)9-14(19-21)15-4-3-12(2)24-15/h3-4,9,11H,5-8,10,18H2,1-2H3. The summed E-state index contributed by atoms with van der Waals surface area (Å²) in [4.78, 5) is 28.6. The topological polar surface area (TPSA) is 81.2 Å². The molecule has 0 atom stereocenters. The maximum atomic E-state index is 12.5. The second-order valence-electron chi connectivity index (χ2n) is 6.42. The van der Waals surface area contributed by atoms with Crippen molar-refractivity contribution < 1.29 is 4.79 Å². The normalized spacial score (nSPS) is 15.7. The van der Waals surface area contributed by atoms with Crippen LogP contribution in [0.15, 0.2) is 23.0 Å². The minimum atomic E-state index is -0.411. The number of likely N-dealkylation sites (tertiary alicyclic amines) is 1. The number of aryl methyl sites for hydroxylation is 1. The Kier molecular flexibility index (Phi) is 4.71. The van der Waals surface area contributed by atoms with Crippen LogP contribution in [0.1, 0.15) is 24.6 Å². The Hall–Kier alpha value is -2.15. The van der Waals surface area contributed by atoms with Gasteiger partial charge >= 0.3 is 0 Å². The highest BCUT2D eigenvalue weighted by Gasteiger charge is 2.21. The highest BCUT2D eigenvalue weighted by atomic mass is 32.1. The van der Waals surface area contributed by atoms with Crippen LogP contribution in [0.25, 0.3) is 10.6 Å². The number of nitrogens with two attached hydrogens (primary N) is 1. The number of anilines is 1. The van der Waals surface area contributed by atoms with Crippen LogP contribution in [0.4, 0.5) is 5.69 Å². The fourth-order valence-corrected chi connectivity index (χ4v) is 3.67. The van der Waals surface area contributed by atoms with E-state index >= 15 is 0 Å². The molecule has 1 aliphatic heterocycles. The average Bonchev–Trinajstić information content (AvgIpc) is 2.98. The van der Waals surface area contributed by atoms with Crippen LogP contribution < -0.4 is 11.3 Å². The summed E-state index contributed by atoms with van der Waals surface area (Å²) in [5.74, 6) is 0.575. The molecule has 1 fully saturated rings. The first-order valence-corrected chi connectivity index (χ1v) is 8.98. The number of hydrogen-bond acceptors (Lipinski definition) is 5. The molecule has 0 saturated carbocycles. The van der Waals surface area contributed by atoms with E-state index in [2.05, 4.69) is 12.0 Å². The zero-order valence-corrected chi connectivity index (χ0v) is 14.8. The number of piperidine rings is 1. The lowest BCUT2D eigenvalue weighted by Crippen LogP contribution is -2.42. The Morgan fingerprint density at radius 1 is 1.38 bits per heavy atom. The van der Waals surface area contributed by atoms with Crippen molar-refractivity contribution in [2.24, 2.45) is 5.92 Å². The molecule has 2 aromatic rings. The van der Waals surface area contributed by atoms with Gasteiger partial charge in [-0.15, -0.1) is 11.3 Å². The molecule has 0 aliphatic carbocycles. The first kappa shape index (κ1) is 16.7. The number of nitrogen functional groups attached to an aromatic ring is 1. The van der Waals surface area contributed by atoms with Crippen molar-refractivity contribution in [3.05, 3.63) is 33.4 Å². The Balaban J connectivity index is 1.83. The highest BCUT2D eigenvalue weighted by molar-refractivity contribution is 7.15. The van der Waals surface area contributed by atoms with Crippen molar-refractivity contribution in [1.29, 1.82) is 0 Å². The molecule has 1 aliphatic rings. The third-order valence-electron chi connectivity index (χ3n) is 4.42. The number of aromatic nitrogens is 2. The lowest BCUT2D eigenvalue weighted by atomic mass is 9.99. The van der Waals surface area contributed by atoms with Gasteiger partial charge in [0.2, 0.25) is 5.91 Å². The monoisotopic (exact) mass is 346 g/mol. The van der Waals surface area contributed by atoms with E-state index in [0.717, 1.165) is 35.7 Å². The molecule has 7 heteroatoms. The van der Waals surface area contributed by atoms with Gasteiger partial charge in [0.05, 0.1) is 4.88 Å². The van der Waals surface area contributed by atoms with Crippen LogP contribution in [0, 0.1) is 12.8 Å². The maximum Gasteiger partial charge on any atom is 0.290 e. The third kappa shape index (κ3) is 3.51. The zero-order chi connectivity index (χ0) is 17.3. The van der Waals surface area contributed by atoms with Crippen LogP contribution >= 0.6 is 11.3 Å². The molecular weight excluding hydrogens is 324 g/mol. The number of rotatable bonds is 3. The Bertz CT molecular complexity index is 803. The summed E-state index contributed by atoms with van der Waals surface area (Å²) in [6.07, 6.45) is 2.01. The first-order valence-electron chi connectivity index (χ1n) is 8.16. The van der Waals surface area contributed by atoms with Gasteiger partial charge in [-0.25, -0.2) is 4.68 Å². The molecule has 1 saturated heterocycles. The number of nitrogens with zero attached hydrogens (tertiary/aromatic N) is 3. The van der Waals surface area contributed by atoms with E-state index in [-0.39, 0.29) is 18.1 Å². The third-order valence-corrected chi connectivity index (χ3v) is 5.44. The van der Waals surface area contributed by atoms with Gasteiger partial charge in [0.25, 0.3) is 5.56 Å². The van der Waals surface area contributed by atoms with E-state index in [9.17, 15) is 9.59 Å². The van der Waals surface area contributed by atoms with Crippen LogP contribution in [0.2, 0.25) is 0 Å². The molecule has 24 heavy (non-hydrogen) atoms. The molecule has 128 valence electrons. The van der Waals surface area contributed by atoms with Gasteiger partial charge in [0.15, 0.2) is 0 Å². The molecule has 0 aromatic carbocycles. The van der Waals surface area contributed by atoms with E-state index in [0.29, 0.717) is 11.6 Å². The molecule has 0 spiro atoms. The average molecular weight is 346 g/mol. The number of carbonyl (C=O) groups excluding carboxylic acids is 1. The second kappa shape index (κ2) is 6.76. The first-order chi connectivity index (χ1) is 11.4. The predicted molar refractivity (Wildman–Crippen MR) is 95.9 cm³/mol. The van der Waals surface area contributed by atoms with Gasteiger partial charge in [0.1, 0.15) is 17.9 Å². The lowest BCUT2D eigenvalue weighted by Gasteiger charge is -2.30.